The van der Waals surface area contributed by atoms with Gasteiger partial charge in [-0.15, -0.1) is 0 Å². The monoisotopic (exact) mass is 484 g/mol. The van der Waals surface area contributed by atoms with Crippen LogP contribution in [0.25, 0.3) is 5.76 Å². The molecule has 0 unspecified atom stereocenters. The SMILES string of the molecule is COc1ccc([C@H]2/C(=C(\O)c3ccc(F)cc3)C(=O)C(=O)N2CCCN2CCOCC2)cc1OC. The molecule has 1 amide bonds. The summed E-state index contributed by atoms with van der Waals surface area (Å²) in [6.45, 7) is 4.07. The Labute approximate surface area is 203 Å². The standard InChI is InChI=1S/C26H29FN2O6/c1-33-20-9-6-18(16-21(20)34-2)23-22(24(30)17-4-7-19(27)8-5-17)25(31)26(32)29(23)11-3-10-28-12-14-35-15-13-28/h4-9,16,23,30H,3,10-15H2,1-2H3/b24-22+/t23-/m0/s1. The molecule has 2 saturated heterocycles. The van der Waals surface area contributed by atoms with E-state index in [4.69, 9.17) is 14.2 Å². The highest BCUT2D eigenvalue weighted by Crippen LogP contribution is 2.42. The second-order valence-corrected chi connectivity index (χ2v) is 8.42. The van der Waals surface area contributed by atoms with Gasteiger partial charge >= 0.3 is 0 Å². The van der Waals surface area contributed by atoms with Crippen molar-refractivity contribution in [3.05, 3.63) is 65.0 Å². The van der Waals surface area contributed by atoms with Crippen LogP contribution in [0.15, 0.2) is 48.0 Å². The first-order valence-corrected chi connectivity index (χ1v) is 11.5. The Kier molecular flexibility index (Phi) is 7.67. The van der Waals surface area contributed by atoms with Gasteiger partial charge in [0, 0.05) is 31.7 Å². The van der Waals surface area contributed by atoms with Crippen LogP contribution in [0, 0.1) is 5.82 Å². The van der Waals surface area contributed by atoms with E-state index in [1.54, 1.807) is 18.2 Å². The number of halogens is 1. The van der Waals surface area contributed by atoms with Crippen LogP contribution < -0.4 is 9.47 Å². The van der Waals surface area contributed by atoms with Crippen LogP contribution in [0.3, 0.4) is 0 Å². The lowest BCUT2D eigenvalue weighted by Gasteiger charge is -2.29. The number of Topliss-reactive ketones (excluding diaryl/α,β-unsaturated/α-hetero) is 1. The van der Waals surface area contributed by atoms with Gasteiger partial charge in [0.05, 0.1) is 39.0 Å². The van der Waals surface area contributed by atoms with Crippen LogP contribution in [-0.2, 0) is 14.3 Å². The van der Waals surface area contributed by atoms with Crippen molar-refractivity contribution < 1.29 is 33.3 Å². The Balaban J connectivity index is 1.71. The van der Waals surface area contributed by atoms with Gasteiger partial charge in [-0.3, -0.25) is 14.5 Å². The molecule has 0 aliphatic carbocycles. The number of methoxy groups -OCH3 is 2. The zero-order valence-electron chi connectivity index (χ0n) is 19.8. The van der Waals surface area contributed by atoms with Crippen molar-refractivity contribution in [2.75, 3.05) is 53.6 Å². The first-order chi connectivity index (χ1) is 16.9. The largest absolute Gasteiger partial charge is 0.507 e. The Hall–Kier alpha value is -3.43. The topological polar surface area (TPSA) is 88.5 Å². The van der Waals surface area contributed by atoms with Crippen molar-refractivity contribution in [3.8, 4) is 11.5 Å². The van der Waals surface area contributed by atoms with Gasteiger partial charge in [0.1, 0.15) is 11.6 Å². The Morgan fingerprint density at radius 2 is 1.71 bits per heavy atom. The summed E-state index contributed by atoms with van der Waals surface area (Å²) >= 11 is 0. The maximum atomic E-state index is 13.5. The van der Waals surface area contributed by atoms with Crippen molar-refractivity contribution in [2.45, 2.75) is 12.5 Å². The molecular weight excluding hydrogens is 455 g/mol. The van der Waals surface area contributed by atoms with Gasteiger partial charge in [0.25, 0.3) is 11.7 Å². The van der Waals surface area contributed by atoms with Crippen molar-refractivity contribution in [1.82, 2.24) is 9.80 Å². The van der Waals surface area contributed by atoms with E-state index >= 15 is 0 Å². The summed E-state index contributed by atoms with van der Waals surface area (Å²) in [5.41, 5.74) is 0.806. The van der Waals surface area contributed by atoms with Gasteiger partial charge in [-0.2, -0.15) is 0 Å². The second kappa shape index (κ2) is 10.9. The predicted octanol–water partition coefficient (Wildman–Crippen LogP) is 2.99. The van der Waals surface area contributed by atoms with E-state index in [9.17, 15) is 19.1 Å². The van der Waals surface area contributed by atoms with E-state index in [-0.39, 0.29) is 16.9 Å². The molecular formula is C26H29FN2O6. The maximum Gasteiger partial charge on any atom is 0.295 e. The normalized spacial score (nSPS) is 20.3. The molecule has 0 radical (unpaired) electrons. The molecule has 0 aromatic heterocycles. The molecule has 2 aliphatic heterocycles. The summed E-state index contributed by atoms with van der Waals surface area (Å²) in [5, 5.41) is 11.1. The lowest BCUT2D eigenvalue weighted by atomic mass is 9.95. The van der Waals surface area contributed by atoms with Gasteiger partial charge in [-0.1, -0.05) is 6.07 Å². The number of benzene rings is 2. The van der Waals surface area contributed by atoms with Crippen LogP contribution >= 0.6 is 0 Å². The number of aliphatic hydroxyl groups excluding tert-OH is 1. The van der Waals surface area contributed by atoms with Gasteiger partial charge < -0.3 is 24.2 Å². The number of carbonyl (C=O) groups is 2. The number of carbonyl (C=O) groups excluding carboxylic acids is 2. The number of ether oxygens (including phenoxy) is 3. The van der Waals surface area contributed by atoms with Gasteiger partial charge in [0.15, 0.2) is 11.5 Å². The zero-order valence-corrected chi connectivity index (χ0v) is 19.8. The molecule has 8 nitrogen and oxygen atoms in total. The fourth-order valence-electron chi connectivity index (χ4n) is 4.53. The summed E-state index contributed by atoms with van der Waals surface area (Å²) in [5.74, 6) is -1.35. The molecule has 2 heterocycles. The molecule has 0 saturated carbocycles. The van der Waals surface area contributed by atoms with Gasteiger partial charge in [-0.25, -0.2) is 4.39 Å². The number of hydrogen-bond donors (Lipinski definition) is 1. The number of ketones is 1. The van der Waals surface area contributed by atoms with E-state index in [1.807, 2.05) is 0 Å². The molecule has 2 fully saturated rings. The average molecular weight is 485 g/mol. The number of hydrogen-bond acceptors (Lipinski definition) is 7. The highest BCUT2D eigenvalue weighted by atomic mass is 19.1. The van der Waals surface area contributed by atoms with Crippen molar-refractivity contribution >= 4 is 17.4 Å². The quantitative estimate of drug-likeness (QED) is 0.350. The summed E-state index contributed by atoms with van der Waals surface area (Å²) in [6.07, 6.45) is 0.646. The summed E-state index contributed by atoms with van der Waals surface area (Å²) < 4.78 is 29.6. The maximum absolute atomic E-state index is 13.5. The van der Waals surface area contributed by atoms with E-state index in [1.165, 1.54) is 43.4 Å². The predicted molar refractivity (Wildman–Crippen MR) is 127 cm³/mol. The van der Waals surface area contributed by atoms with Gasteiger partial charge in [-0.05, 0) is 48.4 Å². The molecule has 2 aromatic rings. The molecule has 2 aromatic carbocycles. The average Bonchev–Trinajstić information content (AvgIpc) is 3.14. The fraction of sp³-hybridized carbons (Fsp3) is 0.385. The Morgan fingerprint density at radius 1 is 1.03 bits per heavy atom. The smallest absolute Gasteiger partial charge is 0.295 e. The third kappa shape index (κ3) is 5.16. The summed E-state index contributed by atoms with van der Waals surface area (Å²) in [6, 6.07) is 9.44. The molecule has 9 heteroatoms. The van der Waals surface area contributed by atoms with Crippen molar-refractivity contribution in [3.63, 3.8) is 0 Å². The van der Waals surface area contributed by atoms with Crippen molar-refractivity contribution in [1.29, 1.82) is 0 Å². The van der Waals surface area contributed by atoms with Crippen LogP contribution in [0.4, 0.5) is 4.39 Å². The number of morpholine rings is 1. The van der Waals surface area contributed by atoms with Crippen LogP contribution in [0.2, 0.25) is 0 Å². The molecule has 2 aliphatic rings. The minimum absolute atomic E-state index is 0.0415. The fourth-order valence-corrected chi connectivity index (χ4v) is 4.53. The van der Waals surface area contributed by atoms with E-state index in [0.29, 0.717) is 43.2 Å². The number of rotatable bonds is 8. The molecule has 186 valence electrons. The molecule has 0 bridgehead atoms. The Morgan fingerprint density at radius 3 is 2.37 bits per heavy atom. The molecule has 0 spiro atoms. The van der Waals surface area contributed by atoms with Crippen LogP contribution in [0.1, 0.15) is 23.6 Å². The van der Waals surface area contributed by atoms with Crippen LogP contribution in [-0.4, -0.2) is 80.2 Å². The van der Waals surface area contributed by atoms with Crippen molar-refractivity contribution in [2.24, 2.45) is 0 Å². The number of nitrogens with zero attached hydrogens (tertiary/aromatic N) is 2. The summed E-state index contributed by atoms with van der Waals surface area (Å²) in [4.78, 5) is 30.0. The van der Waals surface area contributed by atoms with E-state index in [0.717, 1.165) is 19.6 Å². The lowest BCUT2D eigenvalue weighted by Crippen LogP contribution is -2.38. The number of amides is 1. The molecule has 35 heavy (non-hydrogen) atoms. The van der Waals surface area contributed by atoms with Crippen LogP contribution in [0.5, 0.6) is 11.5 Å². The number of aliphatic hydroxyl groups is 1. The minimum Gasteiger partial charge on any atom is -0.507 e. The molecule has 1 atom stereocenters. The third-order valence-corrected chi connectivity index (χ3v) is 6.36. The summed E-state index contributed by atoms with van der Waals surface area (Å²) in [7, 11) is 3.02. The molecule has 1 N–H and O–H groups in total. The Bertz CT molecular complexity index is 1110. The highest BCUT2D eigenvalue weighted by Gasteiger charge is 2.46. The van der Waals surface area contributed by atoms with Gasteiger partial charge in [0.2, 0.25) is 0 Å². The zero-order chi connectivity index (χ0) is 24.9. The third-order valence-electron chi connectivity index (χ3n) is 6.36. The first-order valence-electron chi connectivity index (χ1n) is 11.5. The van der Waals surface area contributed by atoms with E-state index < -0.39 is 23.5 Å². The minimum atomic E-state index is -0.829. The van der Waals surface area contributed by atoms with E-state index in [2.05, 4.69) is 4.90 Å². The highest BCUT2D eigenvalue weighted by molar-refractivity contribution is 6.46. The number of likely N-dealkylation sites (tertiary alicyclic amines) is 1. The second-order valence-electron chi connectivity index (χ2n) is 8.42. The first kappa shape index (κ1) is 24.7. The lowest BCUT2D eigenvalue weighted by molar-refractivity contribution is -0.140. The molecule has 4 rings (SSSR count).